The van der Waals surface area contributed by atoms with Gasteiger partial charge in [-0.25, -0.2) is 0 Å². The van der Waals surface area contributed by atoms with Crippen molar-refractivity contribution < 1.29 is 49.7 Å². The topological polar surface area (TPSA) is 80.6 Å². The summed E-state index contributed by atoms with van der Waals surface area (Å²) in [6.45, 7) is 6.89. The number of aliphatic hydroxyl groups excluding tert-OH is 2. The third kappa shape index (κ3) is 3.53. The molecule has 28 heavy (non-hydrogen) atoms. The number of hydrogen-bond donors (Lipinski definition) is 2. The Hall–Kier alpha value is 0.390. The molecule has 4 rings (SSSR count). The molecule has 0 saturated heterocycles. The van der Waals surface area contributed by atoms with E-state index in [1.807, 2.05) is 0 Å². The number of fused-ring (bicyclic) bond motifs is 5. The Morgan fingerprint density at radius 2 is 1.68 bits per heavy atom. The fraction of sp³-hybridized carbons (Fsp3) is 0.957. The maximum Gasteiger partial charge on any atom is 1.00 e. The molecule has 5 heteroatoms. The molecule has 4 aliphatic rings. The number of carboxylic acid groups (broad SMARTS) is 1. The van der Waals surface area contributed by atoms with Crippen molar-refractivity contribution in [2.45, 2.75) is 90.8 Å². The zero-order valence-electron chi connectivity index (χ0n) is 18.2. The van der Waals surface area contributed by atoms with E-state index in [9.17, 15) is 20.1 Å². The normalized spacial score (nSPS) is 51.2. The van der Waals surface area contributed by atoms with Crippen molar-refractivity contribution in [3.05, 3.63) is 0 Å². The summed E-state index contributed by atoms with van der Waals surface area (Å²) in [4.78, 5) is 11.2. The van der Waals surface area contributed by atoms with Gasteiger partial charge in [0.25, 0.3) is 0 Å². The second kappa shape index (κ2) is 8.15. The van der Waals surface area contributed by atoms with E-state index >= 15 is 0 Å². The minimum atomic E-state index is -0.933. The molecule has 0 bridgehead atoms. The van der Waals surface area contributed by atoms with Gasteiger partial charge in [0.2, 0.25) is 0 Å². The molecule has 0 spiro atoms. The maximum atomic E-state index is 11.2. The summed E-state index contributed by atoms with van der Waals surface area (Å²) in [5.41, 5.74) is 0.396. The average molecular weight is 401 g/mol. The van der Waals surface area contributed by atoms with Gasteiger partial charge in [0.1, 0.15) is 0 Å². The van der Waals surface area contributed by atoms with Gasteiger partial charge in [-0.05, 0) is 104 Å². The van der Waals surface area contributed by atoms with Gasteiger partial charge in [0.05, 0.1) is 12.2 Å². The second-order valence-corrected chi connectivity index (χ2v) is 11.0. The Labute approximate surface area is 192 Å². The first-order valence-corrected chi connectivity index (χ1v) is 11.2. The van der Waals surface area contributed by atoms with E-state index in [1.54, 1.807) is 0 Å². The first-order valence-electron chi connectivity index (χ1n) is 11.2. The molecule has 0 aromatic heterocycles. The summed E-state index contributed by atoms with van der Waals surface area (Å²) in [5, 5.41) is 32.5. The third-order valence-corrected chi connectivity index (χ3v) is 9.90. The predicted molar refractivity (Wildman–Crippen MR) is 101 cm³/mol. The second-order valence-electron chi connectivity index (χ2n) is 11.0. The van der Waals surface area contributed by atoms with E-state index in [-0.39, 0.29) is 64.9 Å². The van der Waals surface area contributed by atoms with Crippen LogP contribution in [0.25, 0.3) is 0 Å². The minimum Gasteiger partial charge on any atom is -0.550 e. The predicted octanol–water partition coefficient (Wildman–Crippen LogP) is -0.243. The Balaban J connectivity index is 0.00000225. The molecule has 0 aromatic rings. The van der Waals surface area contributed by atoms with Crippen molar-refractivity contribution in [2.24, 2.45) is 46.3 Å². The molecule has 2 N–H and O–H groups in total. The molecule has 0 unspecified atom stereocenters. The van der Waals surface area contributed by atoms with Crippen molar-refractivity contribution in [1.29, 1.82) is 0 Å². The zero-order chi connectivity index (χ0) is 19.6. The van der Waals surface area contributed by atoms with Crippen molar-refractivity contribution in [1.82, 2.24) is 0 Å². The molecular weight excluding hydrogens is 363 g/mol. The van der Waals surface area contributed by atoms with Crippen LogP contribution in [0.2, 0.25) is 0 Å². The van der Waals surface area contributed by atoms with Crippen LogP contribution in [-0.2, 0) is 4.79 Å². The molecule has 0 heterocycles. The summed E-state index contributed by atoms with van der Waals surface area (Å²) in [7, 11) is 0. The summed E-state index contributed by atoms with van der Waals surface area (Å²) >= 11 is 0. The van der Waals surface area contributed by atoms with Gasteiger partial charge in [-0.3, -0.25) is 0 Å². The van der Waals surface area contributed by atoms with E-state index in [1.165, 1.54) is 0 Å². The van der Waals surface area contributed by atoms with Crippen molar-refractivity contribution in [3.8, 4) is 0 Å². The summed E-state index contributed by atoms with van der Waals surface area (Å²) in [5.74, 6) is 1.48. The smallest absolute Gasteiger partial charge is 0.550 e. The molecule has 4 saturated carbocycles. The molecule has 10 atom stereocenters. The Kier molecular flexibility index (Phi) is 6.71. The van der Waals surface area contributed by atoms with Gasteiger partial charge < -0.3 is 20.1 Å². The molecule has 4 nitrogen and oxygen atoms in total. The van der Waals surface area contributed by atoms with Crippen LogP contribution in [0.15, 0.2) is 0 Å². The molecule has 0 aliphatic heterocycles. The number of carbonyl (C=O) groups excluding carboxylic acids is 1. The molecule has 0 radical (unpaired) electrons. The SMILES string of the molecule is C[C@H](CC(=O)[O-])[C@H]1CC[C@H]2[C@@H]3[C@@H](O)C[C@@H]4C[C@H](O)CC[C@]4(C)[C@H]3CC[C@]12C.[Na+]. The van der Waals surface area contributed by atoms with Crippen LogP contribution < -0.4 is 34.7 Å². The molecular formula is C23H37NaO4. The molecule has 154 valence electrons. The van der Waals surface area contributed by atoms with E-state index in [0.29, 0.717) is 29.6 Å². The standard InChI is InChI=1S/C23H38O4.Na/c1-13(10-20(26)27)16-4-5-17-21-18(7-9-23(16,17)3)22(2)8-6-15(24)11-14(22)12-19(21)25;/h13-19,21,24-25H,4-12H2,1-3H3,(H,26,27);/q;+1/p-1/t13-,14+,15-,16-,17+,18+,19+,21+,22+,23-;/m1./s1. The first kappa shape index (κ1) is 23.1. The number of aliphatic hydroxyl groups is 2. The van der Waals surface area contributed by atoms with E-state index < -0.39 is 5.97 Å². The van der Waals surface area contributed by atoms with E-state index in [2.05, 4.69) is 20.8 Å². The number of hydrogen-bond acceptors (Lipinski definition) is 4. The minimum absolute atomic E-state index is 0. The zero-order valence-corrected chi connectivity index (χ0v) is 20.2. The fourth-order valence-electron chi connectivity index (χ4n) is 8.58. The maximum absolute atomic E-state index is 11.2. The number of carboxylic acids is 1. The number of aliphatic carboxylic acids is 1. The van der Waals surface area contributed by atoms with Gasteiger partial charge in [0.15, 0.2) is 0 Å². The third-order valence-electron chi connectivity index (χ3n) is 9.90. The van der Waals surface area contributed by atoms with Gasteiger partial charge in [-0.15, -0.1) is 0 Å². The van der Waals surface area contributed by atoms with E-state index in [0.717, 1.165) is 51.4 Å². The Morgan fingerprint density at radius 1 is 1.04 bits per heavy atom. The van der Waals surface area contributed by atoms with Crippen molar-refractivity contribution in [2.75, 3.05) is 0 Å². The average Bonchev–Trinajstić information content (AvgIpc) is 2.93. The van der Waals surface area contributed by atoms with Gasteiger partial charge >= 0.3 is 29.6 Å². The Morgan fingerprint density at radius 3 is 2.36 bits per heavy atom. The fourth-order valence-corrected chi connectivity index (χ4v) is 8.58. The number of carbonyl (C=O) groups is 1. The molecule has 4 aliphatic carbocycles. The molecule has 0 amide bonds. The quantitative estimate of drug-likeness (QED) is 0.641. The van der Waals surface area contributed by atoms with Crippen LogP contribution in [0.4, 0.5) is 0 Å². The van der Waals surface area contributed by atoms with Crippen LogP contribution in [0.3, 0.4) is 0 Å². The monoisotopic (exact) mass is 400 g/mol. The van der Waals surface area contributed by atoms with Gasteiger partial charge in [-0.1, -0.05) is 20.8 Å². The van der Waals surface area contributed by atoms with Crippen LogP contribution >= 0.6 is 0 Å². The van der Waals surface area contributed by atoms with E-state index in [4.69, 9.17) is 0 Å². The largest absolute Gasteiger partial charge is 1.00 e. The Bertz CT molecular complexity index is 597. The van der Waals surface area contributed by atoms with Gasteiger partial charge in [-0.2, -0.15) is 0 Å². The summed E-state index contributed by atoms with van der Waals surface area (Å²) in [6.07, 6.45) is 7.88. The van der Waals surface area contributed by atoms with Crippen LogP contribution in [0.5, 0.6) is 0 Å². The first-order chi connectivity index (χ1) is 12.7. The summed E-state index contributed by atoms with van der Waals surface area (Å²) in [6, 6.07) is 0. The van der Waals surface area contributed by atoms with Crippen LogP contribution in [0, 0.1) is 46.3 Å². The number of rotatable bonds is 3. The molecule has 0 aromatic carbocycles. The summed E-state index contributed by atoms with van der Waals surface area (Å²) < 4.78 is 0. The van der Waals surface area contributed by atoms with Crippen molar-refractivity contribution in [3.63, 3.8) is 0 Å². The van der Waals surface area contributed by atoms with Gasteiger partial charge in [0, 0.05) is 5.97 Å². The van der Waals surface area contributed by atoms with Crippen LogP contribution in [-0.4, -0.2) is 28.4 Å². The van der Waals surface area contributed by atoms with Crippen LogP contribution in [0.1, 0.15) is 78.6 Å². The molecule has 4 fully saturated rings. The van der Waals surface area contributed by atoms with Crippen molar-refractivity contribution >= 4 is 5.97 Å².